The lowest BCUT2D eigenvalue weighted by Crippen LogP contribution is -2.36. The van der Waals surface area contributed by atoms with Crippen molar-refractivity contribution >= 4 is 35.2 Å². The third-order valence-electron chi connectivity index (χ3n) is 6.15. The number of allylic oxidation sites excluding steroid dienone is 1. The van der Waals surface area contributed by atoms with Crippen LogP contribution in [0.1, 0.15) is 38.8 Å². The molecule has 226 valence electrons. The van der Waals surface area contributed by atoms with Crippen LogP contribution in [0.15, 0.2) is 66.4 Å². The number of amides is 1. The molecular formula is C32H33F2N3O6. The molecule has 1 aromatic heterocycles. The van der Waals surface area contributed by atoms with Gasteiger partial charge in [-0.25, -0.2) is 9.59 Å². The highest BCUT2D eigenvalue weighted by atomic mass is 19.3. The first-order valence-electron chi connectivity index (χ1n) is 13.6. The van der Waals surface area contributed by atoms with E-state index < -0.39 is 18.3 Å². The first-order chi connectivity index (χ1) is 20.5. The average molecular weight is 594 g/mol. The van der Waals surface area contributed by atoms with Crippen LogP contribution >= 0.6 is 0 Å². The number of nitrogens with zero attached hydrogens (tertiary/aromatic N) is 3. The first-order valence-corrected chi connectivity index (χ1v) is 13.6. The van der Waals surface area contributed by atoms with Crippen molar-refractivity contribution in [3.63, 3.8) is 0 Å². The van der Waals surface area contributed by atoms with Crippen LogP contribution in [-0.4, -0.2) is 60.9 Å². The number of likely N-dealkylation sites (N-methyl/N-ethyl adjacent to an activating group) is 1. The molecule has 0 N–H and O–H groups in total. The summed E-state index contributed by atoms with van der Waals surface area (Å²) in [5, 5.41) is 0. The van der Waals surface area contributed by atoms with E-state index >= 15 is 0 Å². The minimum absolute atomic E-state index is 0.0210. The van der Waals surface area contributed by atoms with E-state index in [1.54, 1.807) is 75.2 Å². The van der Waals surface area contributed by atoms with Crippen molar-refractivity contribution in [1.29, 1.82) is 0 Å². The number of hydrogen-bond acceptors (Lipinski definition) is 8. The first kappa shape index (κ1) is 31.1. The molecule has 0 bridgehead atoms. The Morgan fingerprint density at radius 1 is 1.00 bits per heavy atom. The molecule has 11 heteroatoms. The zero-order valence-corrected chi connectivity index (χ0v) is 24.6. The SMILES string of the molecule is CCOc1ccc2c(n1)N(c1ccc(OC(F)F)cc1)C(=C=O)C(c1ccc(OCCN(C)C(=O)OC(C)(C)C)cc1)=C2. The predicted molar refractivity (Wildman–Crippen MR) is 158 cm³/mol. The average Bonchev–Trinajstić information content (AvgIpc) is 2.96. The minimum Gasteiger partial charge on any atom is -0.492 e. The van der Waals surface area contributed by atoms with Crippen molar-refractivity contribution in [3.8, 4) is 17.4 Å². The number of carbonyl (C=O) groups excluding carboxylic acids is 2. The van der Waals surface area contributed by atoms with Crippen molar-refractivity contribution in [2.24, 2.45) is 0 Å². The van der Waals surface area contributed by atoms with E-state index in [1.165, 1.54) is 17.0 Å². The van der Waals surface area contributed by atoms with Crippen LogP contribution in [0, 0.1) is 0 Å². The molecule has 0 fully saturated rings. The van der Waals surface area contributed by atoms with E-state index in [-0.39, 0.29) is 18.1 Å². The summed E-state index contributed by atoms with van der Waals surface area (Å²) in [7, 11) is 1.64. The molecule has 2 heterocycles. The molecule has 43 heavy (non-hydrogen) atoms. The third kappa shape index (κ3) is 7.90. The van der Waals surface area contributed by atoms with Crippen LogP contribution in [-0.2, 0) is 9.53 Å². The largest absolute Gasteiger partial charge is 0.492 e. The molecule has 4 rings (SSSR count). The van der Waals surface area contributed by atoms with E-state index in [0.717, 1.165) is 0 Å². The van der Waals surface area contributed by atoms with Crippen molar-refractivity contribution < 1.29 is 37.3 Å². The number of fused-ring (bicyclic) bond motifs is 1. The summed E-state index contributed by atoms with van der Waals surface area (Å²) in [5.41, 5.74) is 2.05. The highest BCUT2D eigenvalue weighted by molar-refractivity contribution is 6.06. The number of anilines is 2. The number of pyridine rings is 1. The van der Waals surface area contributed by atoms with Gasteiger partial charge in [-0.2, -0.15) is 13.8 Å². The molecule has 0 saturated carbocycles. The van der Waals surface area contributed by atoms with Gasteiger partial charge in [-0.1, -0.05) is 12.1 Å². The molecule has 0 radical (unpaired) electrons. The molecule has 1 aliphatic rings. The summed E-state index contributed by atoms with van der Waals surface area (Å²) >= 11 is 0. The van der Waals surface area contributed by atoms with Crippen molar-refractivity contribution in [3.05, 3.63) is 77.5 Å². The lowest BCUT2D eigenvalue weighted by Gasteiger charge is -2.31. The van der Waals surface area contributed by atoms with Crippen LogP contribution < -0.4 is 19.1 Å². The Bertz CT molecular complexity index is 1510. The molecule has 0 aliphatic carbocycles. The summed E-state index contributed by atoms with van der Waals surface area (Å²) in [6.45, 7) is 5.25. The third-order valence-corrected chi connectivity index (χ3v) is 6.15. The molecule has 9 nitrogen and oxygen atoms in total. The number of aromatic nitrogens is 1. The molecule has 1 amide bonds. The fourth-order valence-corrected chi connectivity index (χ4v) is 4.22. The van der Waals surface area contributed by atoms with Gasteiger partial charge in [0.25, 0.3) is 0 Å². The topological polar surface area (TPSA) is 90.4 Å². The summed E-state index contributed by atoms with van der Waals surface area (Å²) in [4.78, 5) is 32.3. The molecule has 0 saturated heterocycles. The van der Waals surface area contributed by atoms with Crippen LogP contribution in [0.2, 0.25) is 0 Å². The van der Waals surface area contributed by atoms with E-state index in [9.17, 15) is 18.4 Å². The Morgan fingerprint density at radius 3 is 2.28 bits per heavy atom. The maximum Gasteiger partial charge on any atom is 0.410 e. The number of alkyl halides is 2. The number of benzene rings is 2. The van der Waals surface area contributed by atoms with Gasteiger partial charge in [0.2, 0.25) is 5.88 Å². The molecule has 0 unspecified atom stereocenters. The molecule has 3 aromatic rings. The van der Waals surface area contributed by atoms with Crippen LogP contribution in [0.3, 0.4) is 0 Å². The van der Waals surface area contributed by atoms with E-state index in [4.69, 9.17) is 14.2 Å². The second kappa shape index (κ2) is 13.4. The molecule has 0 spiro atoms. The lowest BCUT2D eigenvalue weighted by molar-refractivity contribution is -0.0498. The van der Waals surface area contributed by atoms with Gasteiger partial charge in [0, 0.05) is 29.9 Å². The molecular weight excluding hydrogens is 560 g/mol. The lowest BCUT2D eigenvalue weighted by atomic mass is 9.95. The highest BCUT2D eigenvalue weighted by Gasteiger charge is 2.29. The fourth-order valence-electron chi connectivity index (χ4n) is 4.22. The van der Waals surface area contributed by atoms with Crippen LogP contribution in [0.5, 0.6) is 17.4 Å². The number of ether oxygens (including phenoxy) is 4. The Kier molecular flexibility index (Phi) is 9.67. The standard InChI is InChI=1S/C32H33F2N3O6/c1-6-40-28-16-9-22-19-26(21-7-12-24(13-8-21)41-18-17-36(5)31(39)43-32(2,3)4)27(20-38)37(29(22)35-28)23-10-14-25(15-11-23)42-30(33)34/h7-16,19,30H,6,17-18H2,1-5H3. The predicted octanol–water partition coefficient (Wildman–Crippen LogP) is 6.74. The Hall–Kier alpha value is -4.89. The second-order valence-corrected chi connectivity index (χ2v) is 10.5. The van der Waals surface area contributed by atoms with Gasteiger partial charge in [0.15, 0.2) is 5.94 Å². The van der Waals surface area contributed by atoms with Gasteiger partial charge in [0.1, 0.15) is 35.2 Å². The molecule has 1 aliphatic heterocycles. The van der Waals surface area contributed by atoms with Crippen molar-refractivity contribution in [2.75, 3.05) is 31.7 Å². The zero-order chi connectivity index (χ0) is 31.1. The summed E-state index contributed by atoms with van der Waals surface area (Å²) in [6.07, 6.45) is 1.39. The number of rotatable bonds is 10. The van der Waals surface area contributed by atoms with Crippen molar-refractivity contribution in [1.82, 2.24) is 9.88 Å². The van der Waals surface area contributed by atoms with Gasteiger partial charge in [-0.05, 0) is 81.8 Å². The normalized spacial score (nSPS) is 12.7. The Morgan fingerprint density at radius 2 is 1.67 bits per heavy atom. The molecule has 0 atom stereocenters. The Labute approximate surface area is 248 Å². The van der Waals surface area contributed by atoms with E-state index in [0.29, 0.717) is 53.0 Å². The molecule has 2 aromatic carbocycles. The second-order valence-electron chi connectivity index (χ2n) is 10.5. The van der Waals surface area contributed by atoms with Crippen LogP contribution in [0.4, 0.5) is 25.1 Å². The minimum atomic E-state index is -2.96. The van der Waals surface area contributed by atoms with Gasteiger partial charge in [-0.15, -0.1) is 0 Å². The zero-order valence-electron chi connectivity index (χ0n) is 24.6. The van der Waals surface area contributed by atoms with Gasteiger partial charge in [-0.3, -0.25) is 4.90 Å². The van der Waals surface area contributed by atoms with Gasteiger partial charge < -0.3 is 23.8 Å². The maximum atomic E-state index is 12.7. The van der Waals surface area contributed by atoms with Crippen LogP contribution in [0.25, 0.3) is 11.6 Å². The summed E-state index contributed by atoms with van der Waals surface area (Å²) < 4.78 is 46.7. The quantitative estimate of drug-likeness (QED) is 0.239. The summed E-state index contributed by atoms with van der Waals surface area (Å²) in [6, 6.07) is 16.6. The van der Waals surface area contributed by atoms with Gasteiger partial charge in [0.05, 0.1) is 13.2 Å². The number of halogens is 2. The number of hydrogen-bond donors (Lipinski definition) is 0. The van der Waals surface area contributed by atoms with E-state index in [2.05, 4.69) is 9.72 Å². The highest BCUT2D eigenvalue weighted by Crippen LogP contribution is 2.43. The van der Waals surface area contributed by atoms with E-state index in [1.807, 2.05) is 25.0 Å². The smallest absolute Gasteiger partial charge is 0.410 e. The number of carbonyl (C=O) groups is 1. The van der Waals surface area contributed by atoms with Crippen molar-refractivity contribution in [2.45, 2.75) is 39.9 Å². The summed E-state index contributed by atoms with van der Waals surface area (Å²) in [5.74, 6) is 3.38. The monoisotopic (exact) mass is 593 g/mol. The van der Waals surface area contributed by atoms with Gasteiger partial charge >= 0.3 is 12.7 Å². The maximum absolute atomic E-state index is 12.7. The Balaban J connectivity index is 1.59. The fraction of sp³-hybridized carbons (Fsp3) is 0.312.